The summed E-state index contributed by atoms with van der Waals surface area (Å²) in [6.45, 7) is 0.905. The van der Waals surface area contributed by atoms with Crippen molar-refractivity contribution in [1.82, 2.24) is 10.3 Å². The van der Waals surface area contributed by atoms with Crippen molar-refractivity contribution in [3.8, 4) is 16.9 Å². The van der Waals surface area contributed by atoms with Gasteiger partial charge in [0, 0.05) is 47.8 Å². The average molecular weight is 718 g/mol. The number of aromatic amines is 1. The van der Waals surface area contributed by atoms with Crippen molar-refractivity contribution >= 4 is 34.3 Å². The second-order valence-corrected chi connectivity index (χ2v) is 13.8. The number of nitrogens with zero attached hydrogens (tertiary/aromatic N) is 1. The Morgan fingerprint density at radius 2 is 1.62 bits per heavy atom. The molecule has 4 aromatic carbocycles. The Hall–Kier alpha value is -5.49. The fourth-order valence-electron chi connectivity index (χ4n) is 7.17. The Balaban J connectivity index is 0.992. The summed E-state index contributed by atoms with van der Waals surface area (Å²) in [7, 11) is 0. The van der Waals surface area contributed by atoms with Crippen molar-refractivity contribution in [2.75, 3.05) is 23.3 Å². The van der Waals surface area contributed by atoms with E-state index in [-0.39, 0.29) is 29.3 Å². The van der Waals surface area contributed by atoms with E-state index >= 15 is 0 Å². The Bertz CT molecular complexity index is 2080. The Morgan fingerprint density at radius 1 is 0.887 bits per heavy atom. The van der Waals surface area contributed by atoms with Crippen LogP contribution in [0.5, 0.6) is 5.75 Å². The molecule has 11 nitrogen and oxygen atoms in total. The number of aryl methyl sites for hydroxylation is 1. The molecule has 0 saturated heterocycles. The first-order chi connectivity index (χ1) is 25.7. The number of pyridine rings is 1. The van der Waals surface area contributed by atoms with E-state index < -0.39 is 12.2 Å². The highest BCUT2D eigenvalue weighted by Gasteiger charge is 2.30. The van der Waals surface area contributed by atoms with E-state index in [1.54, 1.807) is 12.1 Å². The zero-order valence-electron chi connectivity index (χ0n) is 29.6. The Kier molecular flexibility index (Phi) is 12.2. The van der Waals surface area contributed by atoms with E-state index in [1.807, 2.05) is 72.8 Å². The number of benzene rings is 4. The van der Waals surface area contributed by atoms with Crippen LogP contribution in [0.2, 0.25) is 0 Å². The fourth-order valence-corrected chi connectivity index (χ4v) is 7.17. The van der Waals surface area contributed by atoms with E-state index in [4.69, 9.17) is 5.73 Å². The highest BCUT2D eigenvalue weighted by molar-refractivity contribution is 5.94. The number of carbonyl (C=O) groups excluding carboxylic acids is 1. The highest BCUT2D eigenvalue weighted by atomic mass is 16.4. The number of nitrogens with one attached hydrogen (secondary N) is 3. The van der Waals surface area contributed by atoms with E-state index in [0.29, 0.717) is 66.6 Å². The lowest BCUT2D eigenvalue weighted by atomic mass is 9.89. The topological polar surface area (TPSA) is 181 Å². The van der Waals surface area contributed by atoms with E-state index in [1.165, 1.54) is 17.0 Å². The van der Waals surface area contributed by atoms with Crippen LogP contribution < -0.4 is 26.8 Å². The van der Waals surface area contributed by atoms with E-state index in [2.05, 4.69) is 15.6 Å². The number of anilines is 2. The summed E-state index contributed by atoms with van der Waals surface area (Å²) in [5.74, 6) is -0.141. The molecule has 1 saturated carbocycles. The number of nitrogens with two attached hydrogens (primary N) is 1. The first-order valence-electron chi connectivity index (χ1n) is 18.2. The number of fused-ring (bicyclic) bond motifs is 1. The van der Waals surface area contributed by atoms with Gasteiger partial charge in [-0.2, -0.15) is 0 Å². The standard InChI is InChI=1S/C42H47N5O6/c43-30-12-16-32(17-13-30)47(42(52)53)36-25-28(11-18-33(36)29-6-2-1-3-7-29)5-4-8-39(50)45-31-14-9-27(10-15-31)23-24-44-26-38(49)34-19-21-37(48)41-35(34)20-22-40(51)46-41/h1-3,6-7,9-11,14-15,18-22,25,30,32,38,44,48-49H,4-5,8,12-13,16-17,23-24,26,43H2,(H,45,50)(H,46,51)(H,52,53). The first kappa shape index (κ1) is 37.3. The van der Waals surface area contributed by atoms with Crippen LogP contribution in [-0.2, 0) is 17.6 Å². The molecule has 2 amide bonds. The molecule has 1 aliphatic rings. The third-order valence-electron chi connectivity index (χ3n) is 10.0. The predicted octanol–water partition coefficient (Wildman–Crippen LogP) is 6.48. The summed E-state index contributed by atoms with van der Waals surface area (Å²) in [4.78, 5) is 41.4. The van der Waals surface area contributed by atoms with Crippen LogP contribution in [0.1, 0.15) is 61.3 Å². The summed E-state index contributed by atoms with van der Waals surface area (Å²) in [6, 6.07) is 29.5. The quantitative estimate of drug-likeness (QED) is 0.0637. The van der Waals surface area contributed by atoms with E-state index in [0.717, 1.165) is 47.9 Å². The number of phenolic OH excluding ortho intramolecular Hbond substituents is 1. The molecule has 8 N–H and O–H groups in total. The van der Waals surface area contributed by atoms with Crippen LogP contribution in [-0.4, -0.2) is 57.5 Å². The van der Waals surface area contributed by atoms with Crippen molar-refractivity contribution in [3.05, 3.63) is 124 Å². The highest BCUT2D eigenvalue weighted by Crippen LogP contribution is 2.36. The molecule has 1 aromatic heterocycles. The molecule has 1 heterocycles. The first-order valence-corrected chi connectivity index (χ1v) is 18.2. The summed E-state index contributed by atoms with van der Waals surface area (Å²) in [5, 5.41) is 38.1. The molecule has 1 fully saturated rings. The van der Waals surface area contributed by atoms with Gasteiger partial charge in [-0.3, -0.25) is 14.5 Å². The Morgan fingerprint density at radius 3 is 2.36 bits per heavy atom. The minimum Gasteiger partial charge on any atom is -0.506 e. The summed E-state index contributed by atoms with van der Waals surface area (Å²) in [5.41, 5.74) is 12.0. The van der Waals surface area contributed by atoms with Gasteiger partial charge in [-0.25, -0.2) is 4.79 Å². The lowest BCUT2D eigenvalue weighted by Gasteiger charge is -2.35. The number of rotatable bonds is 14. The van der Waals surface area contributed by atoms with Gasteiger partial charge in [0.25, 0.3) is 0 Å². The zero-order valence-corrected chi connectivity index (χ0v) is 29.6. The fraction of sp³-hybridized carbons (Fsp3) is 0.310. The number of carboxylic acid groups (broad SMARTS) is 1. The van der Waals surface area contributed by atoms with E-state index in [9.17, 15) is 29.7 Å². The third-order valence-corrected chi connectivity index (χ3v) is 10.0. The lowest BCUT2D eigenvalue weighted by Crippen LogP contribution is -2.44. The molecule has 276 valence electrons. The summed E-state index contributed by atoms with van der Waals surface area (Å²) >= 11 is 0. The predicted molar refractivity (Wildman–Crippen MR) is 208 cm³/mol. The van der Waals surface area contributed by atoms with Gasteiger partial charge in [-0.15, -0.1) is 0 Å². The van der Waals surface area contributed by atoms with Crippen molar-refractivity contribution in [2.24, 2.45) is 5.73 Å². The number of hydrogen-bond acceptors (Lipinski definition) is 7. The molecule has 1 aliphatic carbocycles. The van der Waals surface area contributed by atoms with Crippen LogP contribution in [0.25, 0.3) is 22.0 Å². The summed E-state index contributed by atoms with van der Waals surface area (Å²) < 4.78 is 0. The number of amides is 2. The van der Waals surface area contributed by atoms with Crippen LogP contribution in [0.15, 0.2) is 102 Å². The van der Waals surface area contributed by atoms with Gasteiger partial charge in [-0.05, 0) is 104 Å². The number of carbonyl (C=O) groups is 2. The van der Waals surface area contributed by atoms with Crippen molar-refractivity contribution in [1.29, 1.82) is 0 Å². The molecule has 1 atom stereocenters. The van der Waals surface area contributed by atoms with Crippen LogP contribution >= 0.6 is 0 Å². The molecule has 0 bridgehead atoms. The maximum Gasteiger partial charge on any atom is 0.412 e. The molecule has 53 heavy (non-hydrogen) atoms. The normalized spacial score (nSPS) is 16.3. The molecule has 5 aromatic rings. The number of phenols is 1. The van der Waals surface area contributed by atoms with Gasteiger partial charge in [0.1, 0.15) is 5.75 Å². The second-order valence-electron chi connectivity index (χ2n) is 13.8. The number of aliphatic hydroxyl groups is 1. The van der Waals surface area contributed by atoms with Gasteiger partial charge in [0.15, 0.2) is 0 Å². The monoisotopic (exact) mass is 717 g/mol. The van der Waals surface area contributed by atoms with Gasteiger partial charge in [-0.1, -0.05) is 60.7 Å². The molecular weight excluding hydrogens is 670 g/mol. The Labute approximate surface area is 308 Å². The number of H-pyrrole nitrogens is 1. The van der Waals surface area contributed by atoms with Crippen LogP contribution in [0, 0.1) is 0 Å². The number of aromatic hydroxyl groups is 1. The molecule has 0 aliphatic heterocycles. The number of aromatic nitrogens is 1. The molecule has 6 rings (SSSR count). The van der Waals surface area contributed by atoms with Gasteiger partial charge >= 0.3 is 6.09 Å². The molecule has 0 spiro atoms. The molecular formula is C42H47N5O6. The van der Waals surface area contributed by atoms with Crippen molar-refractivity contribution in [3.63, 3.8) is 0 Å². The number of aliphatic hydroxyl groups excluding tert-OH is 1. The SMILES string of the molecule is NC1CCC(N(C(=O)O)c2cc(CCCC(=O)Nc3ccc(CCNCC(O)c4ccc(O)c5[nH]c(=O)ccc45)cc3)ccc2-c2ccccc2)CC1. The van der Waals surface area contributed by atoms with Gasteiger partial charge in [0.2, 0.25) is 11.5 Å². The van der Waals surface area contributed by atoms with Crippen molar-refractivity contribution < 1.29 is 24.9 Å². The smallest absolute Gasteiger partial charge is 0.412 e. The zero-order chi connectivity index (χ0) is 37.3. The maximum absolute atomic E-state index is 12.9. The second kappa shape index (κ2) is 17.4. The van der Waals surface area contributed by atoms with Crippen molar-refractivity contribution in [2.45, 2.75) is 69.6 Å². The summed E-state index contributed by atoms with van der Waals surface area (Å²) in [6.07, 6.45) is 3.49. The molecule has 0 radical (unpaired) electrons. The molecule has 1 unspecified atom stereocenters. The van der Waals surface area contributed by atoms with Gasteiger partial charge < -0.3 is 36.7 Å². The lowest BCUT2D eigenvalue weighted by molar-refractivity contribution is -0.116. The van der Waals surface area contributed by atoms with Crippen LogP contribution in [0.3, 0.4) is 0 Å². The maximum atomic E-state index is 12.9. The minimum atomic E-state index is -0.972. The largest absolute Gasteiger partial charge is 0.506 e. The number of hydrogen-bond donors (Lipinski definition) is 7. The van der Waals surface area contributed by atoms with Crippen LogP contribution in [0.4, 0.5) is 16.2 Å². The molecule has 11 heteroatoms. The third kappa shape index (κ3) is 9.50. The van der Waals surface area contributed by atoms with Gasteiger partial charge in [0.05, 0.1) is 17.3 Å². The average Bonchev–Trinajstić information content (AvgIpc) is 3.15. The minimum absolute atomic E-state index is 0.0489.